The molecule has 0 unspecified atom stereocenters. The largest absolute Gasteiger partial charge is 0.463 e. The van der Waals surface area contributed by atoms with Crippen LogP contribution >= 0.6 is 0 Å². The molecule has 0 aromatic rings. The van der Waals surface area contributed by atoms with Gasteiger partial charge >= 0.3 is 11.9 Å². The Kier molecular flexibility index (Phi) is 5.80. The zero-order valence-electron chi connectivity index (χ0n) is 23.2. The molecule has 11 heteroatoms. The number of allylic oxidation sites excluding steroid dienone is 2. The van der Waals surface area contributed by atoms with Gasteiger partial charge in [-0.1, -0.05) is 25.2 Å². The monoisotopic (exact) mass is 562 g/mol. The second kappa shape index (κ2) is 8.59. The molecule has 0 aromatic carbocycles. The molecule has 0 radical (unpaired) electrons. The van der Waals surface area contributed by atoms with E-state index in [0.29, 0.717) is 19.4 Å². The Bertz CT molecular complexity index is 1160. The summed E-state index contributed by atoms with van der Waals surface area (Å²) in [4.78, 5) is 26.4. The Balaban J connectivity index is 1.25. The van der Waals surface area contributed by atoms with Gasteiger partial charge in [-0.2, -0.15) is 0 Å². The van der Waals surface area contributed by atoms with Gasteiger partial charge in [0.15, 0.2) is 6.10 Å². The minimum atomic E-state index is -1.18. The molecule has 5 aliphatic heterocycles. The Morgan fingerprint density at radius 1 is 1.02 bits per heavy atom. The summed E-state index contributed by atoms with van der Waals surface area (Å²) >= 11 is 0. The molecule has 7 rings (SSSR count). The van der Waals surface area contributed by atoms with Gasteiger partial charge in [-0.25, -0.2) is 9.59 Å². The first-order valence-corrected chi connectivity index (χ1v) is 14.3. The standard InChI is InChI=1S/C29H38O11/c1-15(30)16-7-5-6-8-20(32)37-18-11-19-29(14-36-29)27(18,4)28(10-9-25(2)21(39-25)22(28)38-19)13-35-24(33)23-26(3,40-23)17(31)12-34-16/h5-8,15-19,21-23,30-31H,9-14H2,1-4H3/b7-5+,8-6-/t15-,16-,17+,18-,19-,21+,22-,23-,25-,26-,27-,28+,29+/m1/s1. The summed E-state index contributed by atoms with van der Waals surface area (Å²) in [5, 5.41) is 20.9. The molecule has 7 aliphatic rings. The topological polar surface area (TPSA) is 149 Å². The molecular weight excluding hydrogens is 524 g/mol. The molecule has 2 spiro atoms. The van der Waals surface area contributed by atoms with Gasteiger partial charge in [0.1, 0.15) is 42.2 Å². The summed E-state index contributed by atoms with van der Waals surface area (Å²) < 4.78 is 42.6. The van der Waals surface area contributed by atoms with Crippen LogP contribution in [0.2, 0.25) is 0 Å². The second-order valence-electron chi connectivity index (χ2n) is 13.2. The van der Waals surface area contributed by atoms with Gasteiger partial charge in [0, 0.05) is 17.9 Å². The van der Waals surface area contributed by atoms with Crippen molar-refractivity contribution in [3.05, 3.63) is 24.3 Å². The molecule has 6 fully saturated rings. The first-order chi connectivity index (χ1) is 18.9. The van der Waals surface area contributed by atoms with Gasteiger partial charge in [-0.05, 0) is 33.6 Å². The van der Waals surface area contributed by atoms with Gasteiger partial charge in [0.2, 0.25) is 0 Å². The average molecular weight is 563 g/mol. The van der Waals surface area contributed by atoms with Crippen LogP contribution in [0, 0.1) is 10.8 Å². The van der Waals surface area contributed by atoms with Crippen molar-refractivity contribution in [2.24, 2.45) is 10.8 Å². The zero-order valence-corrected chi connectivity index (χ0v) is 23.2. The van der Waals surface area contributed by atoms with E-state index in [4.69, 9.17) is 33.2 Å². The van der Waals surface area contributed by atoms with Crippen molar-refractivity contribution in [3.63, 3.8) is 0 Å². The van der Waals surface area contributed by atoms with E-state index < -0.39 is 64.5 Å². The van der Waals surface area contributed by atoms with Crippen molar-refractivity contribution >= 4 is 11.9 Å². The Morgan fingerprint density at radius 2 is 1.80 bits per heavy atom. The number of hydrogen-bond donors (Lipinski definition) is 2. The molecule has 2 N–H and O–H groups in total. The number of hydrogen-bond acceptors (Lipinski definition) is 11. The molecule has 11 nitrogen and oxygen atoms in total. The van der Waals surface area contributed by atoms with E-state index in [1.54, 1.807) is 26.0 Å². The highest BCUT2D eigenvalue weighted by Crippen LogP contribution is 2.75. The summed E-state index contributed by atoms with van der Waals surface area (Å²) in [6.07, 6.45) is 2.83. The lowest BCUT2D eigenvalue weighted by molar-refractivity contribution is -0.251. The number of carbonyl (C=O) groups is 2. The van der Waals surface area contributed by atoms with Crippen LogP contribution < -0.4 is 0 Å². The third-order valence-electron chi connectivity index (χ3n) is 11.1. The van der Waals surface area contributed by atoms with E-state index in [-0.39, 0.29) is 37.1 Å². The van der Waals surface area contributed by atoms with Crippen LogP contribution in [0.15, 0.2) is 24.3 Å². The summed E-state index contributed by atoms with van der Waals surface area (Å²) in [6.45, 7) is 7.67. The maximum Gasteiger partial charge on any atom is 0.338 e. The van der Waals surface area contributed by atoms with Crippen molar-refractivity contribution in [1.29, 1.82) is 0 Å². The molecule has 40 heavy (non-hydrogen) atoms. The molecule has 0 amide bonds. The molecular formula is C29H38O11. The van der Waals surface area contributed by atoms with E-state index in [9.17, 15) is 19.8 Å². The fourth-order valence-electron chi connectivity index (χ4n) is 8.09. The lowest BCUT2D eigenvalue weighted by Gasteiger charge is -2.58. The van der Waals surface area contributed by atoms with Crippen LogP contribution in [0.25, 0.3) is 0 Å². The SMILES string of the molecule is C[C@@H](O)[C@H]1/C=C/C=C\C(=O)O[C@@H]2C[C@H]3O[C@@H]4[C@@H]5O[C@]5(C)CC[C@@]4(COC(=O)[C@H]4O[C@]4(C)[C@@H](O)CO1)[C@]2(C)[C@]31CO1. The quantitative estimate of drug-likeness (QED) is 0.344. The molecule has 4 saturated heterocycles. The second-order valence-corrected chi connectivity index (χ2v) is 13.2. The Morgan fingerprint density at radius 3 is 2.52 bits per heavy atom. The minimum Gasteiger partial charge on any atom is -0.463 e. The van der Waals surface area contributed by atoms with E-state index in [2.05, 4.69) is 13.8 Å². The lowest BCUT2D eigenvalue weighted by Crippen LogP contribution is -2.69. The van der Waals surface area contributed by atoms with E-state index >= 15 is 0 Å². The van der Waals surface area contributed by atoms with Crippen LogP contribution in [0.4, 0.5) is 0 Å². The highest BCUT2D eigenvalue weighted by Gasteiger charge is 2.86. The van der Waals surface area contributed by atoms with Crippen LogP contribution in [-0.4, -0.2) is 108 Å². The average Bonchev–Trinajstić information content (AvgIpc) is 3.81. The third-order valence-corrected chi connectivity index (χ3v) is 11.1. The van der Waals surface area contributed by atoms with Gasteiger partial charge < -0.3 is 43.4 Å². The van der Waals surface area contributed by atoms with Crippen LogP contribution in [0.1, 0.15) is 47.0 Å². The van der Waals surface area contributed by atoms with Crippen LogP contribution in [0.5, 0.6) is 0 Å². The highest BCUT2D eigenvalue weighted by molar-refractivity contribution is 5.82. The smallest absolute Gasteiger partial charge is 0.338 e. The maximum absolute atomic E-state index is 13.4. The van der Waals surface area contributed by atoms with Crippen molar-refractivity contribution in [2.75, 3.05) is 19.8 Å². The summed E-state index contributed by atoms with van der Waals surface area (Å²) in [7, 11) is 0. The molecule has 2 saturated carbocycles. The highest BCUT2D eigenvalue weighted by atomic mass is 16.7. The van der Waals surface area contributed by atoms with Crippen molar-refractivity contribution in [2.45, 2.75) is 113 Å². The van der Waals surface area contributed by atoms with E-state index in [1.165, 1.54) is 12.2 Å². The Hall–Kier alpha value is -1.86. The van der Waals surface area contributed by atoms with E-state index in [1.807, 2.05) is 0 Å². The molecule has 2 bridgehead atoms. The van der Waals surface area contributed by atoms with Crippen LogP contribution in [-0.2, 0) is 42.7 Å². The molecule has 0 aromatic heterocycles. The molecule has 220 valence electrons. The van der Waals surface area contributed by atoms with Crippen molar-refractivity contribution in [1.82, 2.24) is 0 Å². The molecule has 5 heterocycles. The summed E-state index contributed by atoms with van der Waals surface area (Å²) in [5.41, 5.74) is -3.54. The van der Waals surface area contributed by atoms with Gasteiger partial charge in [0.05, 0.1) is 42.5 Å². The number of aliphatic hydroxyl groups is 2. The number of esters is 2. The van der Waals surface area contributed by atoms with Crippen molar-refractivity contribution < 1.29 is 53.0 Å². The first-order valence-electron chi connectivity index (χ1n) is 14.3. The van der Waals surface area contributed by atoms with E-state index in [0.717, 1.165) is 6.42 Å². The number of aliphatic hydroxyl groups excluding tert-OH is 2. The maximum atomic E-state index is 13.4. The molecule has 2 aliphatic carbocycles. The van der Waals surface area contributed by atoms with Gasteiger partial charge in [-0.15, -0.1) is 0 Å². The van der Waals surface area contributed by atoms with Gasteiger partial charge in [-0.3, -0.25) is 0 Å². The first kappa shape index (κ1) is 27.0. The fourth-order valence-corrected chi connectivity index (χ4v) is 8.09. The predicted molar refractivity (Wildman–Crippen MR) is 135 cm³/mol. The van der Waals surface area contributed by atoms with Crippen molar-refractivity contribution in [3.8, 4) is 0 Å². The number of epoxide rings is 3. The number of fused-ring (bicyclic) bond motifs is 3. The number of cyclic esters (lactones) is 1. The van der Waals surface area contributed by atoms with Gasteiger partial charge in [0.25, 0.3) is 0 Å². The van der Waals surface area contributed by atoms with Crippen LogP contribution in [0.3, 0.4) is 0 Å². The molecule has 13 atom stereocenters. The fraction of sp³-hybridized carbons (Fsp3) is 0.793. The summed E-state index contributed by atoms with van der Waals surface area (Å²) in [6, 6.07) is 0. The zero-order chi connectivity index (χ0) is 28.3. The number of ether oxygens (including phenoxy) is 7. The number of carbonyl (C=O) groups excluding carboxylic acids is 2. The minimum absolute atomic E-state index is 0.0139. The Labute approximate surface area is 232 Å². The number of rotatable bonds is 1. The normalized spacial score (nSPS) is 57.2. The predicted octanol–water partition coefficient (Wildman–Crippen LogP) is 0.736. The summed E-state index contributed by atoms with van der Waals surface area (Å²) in [5.74, 6) is -1.10. The third kappa shape index (κ3) is 3.55. The lowest BCUT2D eigenvalue weighted by atomic mass is 9.50.